The predicted molar refractivity (Wildman–Crippen MR) is 79.7 cm³/mol. The topological polar surface area (TPSA) is 70.0 Å². The van der Waals surface area contributed by atoms with Crippen molar-refractivity contribution in [1.29, 1.82) is 5.26 Å². The number of aryl methyl sites for hydroxylation is 1. The first-order chi connectivity index (χ1) is 9.08. The van der Waals surface area contributed by atoms with E-state index in [4.69, 9.17) is 5.26 Å². The van der Waals surface area contributed by atoms with E-state index in [0.29, 0.717) is 17.7 Å². The van der Waals surface area contributed by atoms with Gasteiger partial charge in [-0.1, -0.05) is 27.7 Å². The van der Waals surface area contributed by atoms with Gasteiger partial charge in [0, 0.05) is 6.54 Å². The molecule has 110 valence electrons. The summed E-state index contributed by atoms with van der Waals surface area (Å²) < 4.78 is 27.1. The van der Waals surface area contributed by atoms with Crippen LogP contribution in [-0.4, -0.2) is 15.0 Å². The highest BCUT2D eigenvalue weighted by Crippen LogP contribution is 2.25. The first kappa shape index (κ1) is 16.7. The van der Waals surface area contributed by atoms with Crippen LogP contribution in [0.2, 0.25) is 0 Å². The monoisotopic (exact) mass is 294 g/mol. The maximum absolute atomic E-state index is 12.2. The largest absolute Gasteiger partial charge is 0.240 e. The predicted octanol–water partition coefficient (Wildman–Crippen LogP) is 2.83. The zero-order valence-corrected chi connectivity index (χ0v) is 13.5. The van der Waals surface area contributed by atoms with Crippen molar-refractivity contribution in [3.05, 3.63) is 29.3 Å². The summed E-state index contributed by atoms with van der Waals surface area (Å²) in [4.78, 5) is 0.204. The van der Waals surface area contributed by atoms with E-state index in [9.17, 15) is 8.42 Å². The van der Waals surface area contributed by atoms with Gasteiger partial charge in [-0.2, -0.15) is 5.26 Å². The molecule has 0 spiro atoms. The Labute approximate surface area is 121 Å². The van der Waals surface area contributed by atoms with Gasteiger partial charge in [-0.3, -0.25) is 0 Å². The summed E-state index contributed by atoms with van der Waals surface area (Å²) >= 11 is 0. The SMILES string of the molecule is Cc1cc(S(=O)(=O)NCC(C)C(C)(C)C)ccc1C#N. The minimum absolute atomic E-state index is 0.0447. The summed E-state index contributed by atoms with van der Waals surface area (Å²) in [6.45, 7) is 10.4. The molecule has 5 heteroatoms. The third kappa shape index (κ3) is 4.06. The van der Waals surface area contributed by atoms with Crippen molar-refractivity contribution < 1.29 is 8.42 Å². The molecule has 0 saturated heterocycles. The normalized spacial score (nSPS) is 13.8. The van der Waals surface area contributed by atoms with Gasteiger partial charge >= 0.3 is 0 Å². The molecule has 0 aliphatic carbocycles. The van der Waals surface area contributed by atoms with Crippen molar-refractivity contribution in [1.82, 2.24) is 4.72 Å². The van der Waals surface area contributed by atoms with Gasteiger partial charge in [0.2, 0.25) is 10.0 Å². The summed E-state index contributed by atoms with van der Waals surface area (Å²) in [6, 6.07) is 6.57. The van der Waals surface area contributed by atoms with Gasteiger partial charge in [-0.15, -0.1) is 0 Å². The van der Waals surface area contributed by atoms with Crippen molar-refractivity contribution in [2.24, 2.45) is 11.3 Å². The number of nitrogens with zero attached hydrogens (tertiary/aromatic N) is 1. The second kappa shape index (κ2) is 5.94. The Morgan fingerprint density at radius 1 is 1.35 bits per heavy atom. The number of sulfonamides is 1. The molecule has 4 nitrogen and oxygen atoms in total. The van der Waals surface area contributed by atoms with Crippen LogP contribution in [0, 0.1) is 29.6 Å². The summed E-state index contributed by atoms with van der Waals surface area (Å²) in [6.07, 6.45) is 0. The van der Waals surface area contributed by atoms with Gasteiger partial charge in [-0.25, -0.2) is 13.1 Å². The molecule has 1 aromatic rings. The number of nitrogens with one attached hydrogen (secondary N) is 1. The molecule has 0 heterocycles. The molecule has 0 radical (unpaired) electrons. The number of hydrogen-bond donors (Lipinski definition) is 1. The summed E-state index contributed by atoms with van der Waals surface area (Å²) in [5, 5.41) is 8.86. The quantitative estimate of drug-likeness (QED) is 0.928. The second-order valence-corrected chi connectivity index (χ2v) is 7.97. The van der Waals surface area contributed by atoms with Gasteiger partial charge in [0.05, 0.1) is 16.5 Å². The van der Waals surface area contributed by atoms with Crippen LogP contribution in [0.15, 0.2) is 23.1 Å². The minimum atomic E-state index is -3.52. The van der Waals surface area contributed by atoms with Crippen molar-refractivity contribution in [2.75, 3.05) is 6.54 Å². The van der Waals surface area contributed by atoms with E-state index in [1.807, 2.05) is 13.0 Å². The summed E-state index contributed by atoms with van der Waals surface area (Å²) in [5.74, 6) is 0.219. The fourth-order valence-corrected chi connectivity index (χ4v) is 2.77. The maximum Gasteiger partial charge on any atom is 0.240 e. The van der Waals surface area contributed by atoms with Crippen LogP contribution in [0.3, 0.4) is 0 Å². The third-order valence-corrected chi connectivity index (χ3v) is 5.11. The molecule has 0 aliphatic heterocycles. The lowest BCUT2D eigenvalue weighted by Gasteiger charge is -2.27. The molecule has 1 atom stereocenters. The molecule has 1 N–H and O–H groups in total. The fourth-order valence-electron chi connectivity index (χ4n) is 1.55. The second-order valence-electron chi connectivity index (χ2n) is 6.21. The Morgan fingerprint density at radius 3 is 2.40 bits per heavy atom. The van der Waals surface area contributed by atoms with E-state index >= 15 is 0 Å². The average Bonchev–Trinajstić information content (AvgIpc) is 2.34. The molecule has 0 amide bonds. The van der Waals surface area contributed by atoms with Crippen LogP contribution in [0.4, 0.5) is 0 Å². The molecule has 0 aromatic heterocycles. The maximum atomic E-state index is 12.2. The Hall–Kier alpha value is -1.38. The molecule has 1 unspecified atom stereocenters. The standard InChI is InChI=1S/C15H22N2O2S/c1-11-8-14(7-6-13(11)9-16)20(18,19)17-10-12(2)15(3,4)5/h6-8,12,17H,10H2,1-5H3. The van der Waals surface area contributed by atoms with Crippen LogP contribution in [0.25, 0.3) is 0 Å². The van der Waals surface area contributed by atoms with E-state index < -0.39 is 10.0 Å². The fraction of sp³-hybridized carbons (Fsp3) is 0.533. The van der Waals surface area contributed by atoms with Crippen LogP contribution < -0.4 is 4.72 Å². The number of rotatable bonds is 4. The number of hydrogen-bond acceptors (Lipinski definition) is 3. The van der Waals surface area contributed by atoms with E-state index in [0.717, 1.165) is 0 Å². The Morgan fingerprint density at radius 2 is 1.95 bits per heavy atom. The van der Waals surface area contributed by atoms with E-state index in [2.05, 4.69) is 25.5 Å². The van der Waals surface area contributed by atoms with E-state index in [1.165, 1.54) is 18.2 Å². The lowest BCUT2D eigenvalue weighted by molar-refractivity contribution is 0.263. The highest BCUT2D eigenvalue weighted by molar-refractivity contribution is 7.89. The van der Waals surface area contributed by atoms with Gasteiger partial charge in [0.25, 0.3) is 0 Å². The first-order valence-corrected chi connectivity index (χ1v) is 8.06. The van der Waals surface area contributed by atoms with Crippen molar-refractivity contribution in [2.45, 2.75) is 39.5 Å². The molecular weight excluding hydrogens is 272 g/mol. The van der Waals surface area contributed by atoms with Crippen LogP contribution in [0.5, 0.6) is 0 Å². The van der Waals surface area contributed by atoms with Gasteiger partial charge in [0.1, 0.15) is 0 Å². The molecule has 0 saturated carbocycles. The molecule has 1 aromatic carbocycles. The van der Waals surface area contributed by atoms with Gasteiger partial charge in [0.15, 0.2) is 0 Å². The molecule has 0 bridgehead atoms. The zero-order valence-electron chi connectivity index (χ0n) is 12.7. The average molecular weight is 294 g/mol. The van der Waals surface area contributed by atoms with Crippen molar-refractivity contribution in [3.63, 3.8) is 0 Å². The molecule has 0 aliphatic rings. The Bertz CT molecular complexity index is 622. The van der Waals surface area contributed by atoms with Crippen molar-refractivity contribution in [3.8, 4) is 6.07 Å². The third-order valence-electron chi connectivity index (χ3n) is 3.69. The van der Waals surface area contributed by atoms with Crippen LogP contribution >= 0.6 is 0 Å². The highest BCUT2D eigenvalue weighted by atomic mass is 32.2. The Balaban J connectivity index is 2.90. The minimum Gasteiger partial charge on any atom is -0.211 e. The summed E-state index contributed by atoms with van der Waals surface area (Å²) in [5.41, 5.74) is 1.20. The highest BCUT2D eigenvalue weighted by Gasteiger charge is 2.23. The zero-order chi connectivity index (χ0) is 15.6. The Kier molecular flexibility index (Phi) is 4.95. The first-order valence-electron chi connectivity index (χ1n) is 6.58. The van der Waals surface area contributed by atoms with Crippen LogP contribution in [0.1, 0.15) is 38.8 Å². The number of nitriles is 1. The molecule has 1 rings (SSSR count). The van der Waals surface area contributed by atoms with E-state index in [1.54, 1.807) is 6.92 Å². The van der Waals surface area contributed by atoms with Crippen molar-refractivity contribution >= 4 is 10.0 Å². The smallest absolute Gasteiger partial charge is 0.211 e. The molecular formula is C15H22N2O2S. The van der Waals surface area contributed by atoms with Gasteiger partial charge < -0.3 is 0 Å². The van der Waals surface area contributed by atoms with Gasteiger partial charge in [-0.05, 0) is 42.0 Å². The molecule has 0 fully saturated rings. The van der Waals surface area contributed by atoms with E-state index in [-0.39, 0.29) is 16.2 Å². The lowest BCUT2D eigenvalue weighted by atomic mass is 9.82. The summed E-state index contributed by atoms with van der Waals surface area (Å²) in [7, 11) is -3.52. The molecule has 20 heavy (non-hydrogen) atoms. The van der Waals surface area contributed by atoms with Crippen LogP contribution in [-0.2, 0) is 10.0 Å². The number of benzene rings is 1. The lowest BCUT2D eigenvalue weighted by Crippen LogP contribution is -2.33.